The third kappa shape index (κ3) is 7.50. The summed E-state index contributed by atoms with van der Waals surface area (Å²) in [4.78, 5) is 24.0. The number of urea groups is 1. The number of carbonyl (C=O) groups is 2. The van der Waals surface area contributed by atoms with Crippen molar-refractivity contribution in [1.82, 2.24) is 10.6 Å². The van der Waals surface area contributed by atoms with Crippen LogP contribution in [0.3, 0.4) is 0 Å². The molecule has 3 amide bonds. The van der Waals surface area contributed by atoms with Crippen molar-refractivity contribution >= 4 is 11.9 Å². The Balaban J connectivity index is 2.06. The van der Waals surface area contributed by atoms with Gasteiger partial charge >= 0.3 is 12.6 Å². The van der Waals surface area contributed by atoms with Gasteiger partial charge in [-0.2, -0.15) is 8.78 Å². The molecule has 2 aromatic carbocycles. The summed E-state index contributed by atoms with van der Waals surface area (Å²) in [5.41, 5.74) is 1.75. The molecule has 0 aliphatic rings. The Labute approximate surface area is 168 Å². The fraction of sp³-hybridized carbons (Fsp3) is 0.333. The molecule has 156 valence electrons. The van der Waals surface area contributed by atoms with Crippen LogP contribution in [-0.2, 0) is 4.79 Å². The number of alkyl halides is 2. The van der Waals surface area contributed by atoms with E-state index in [1.54, 1.807) is 17.4 Å². The van der Waals surface area contributed by atoms with Gasteiger partial charge in [0.1, 0.15) is 11.8 Å². The van der Waals surface area contributed by atoms with Crippen LogP contribution in [0.5, 0.6) is 5.75 Å². The summed E-state index contributed by atoms with van der Waals surface area (Å²) in [5, 5.41) is 6.77. The molecule has 0 unspecified atom stereocenters. The van der Waals surface area contributed by atoms with Crippen LogP contribution in [0.15, 0.2) is 54.6 Å². The van der Waals surface area contributed by atoms with Gasteiger partial charge in [-0.25, -0.2) is 4.79 Å². The second-order valence-corrected chi connectivity index (χ2v) is 6.61. The molecule has 2 aromatic rings. The molecule has 2 atom stereocenters. The summed E-state index contributed by atoms with van der Waals surface area (Å²) in [7, 11) is 0. The normalized spacial score (nSPS) is 12.9. The quantitative estimate of drug-likeness (QED) is 0.599. The lowest BCUT2D eigenvalue weighted by atomic mass is 9.98. The maximum Gasteiger partial charge on any atom is 0.387 e. The van der Waals surface area contributed by atoms with E-state index in [9.17, 15) is 18.4 Å². The zero-order valence-electron chi connectivity index (χ0n) is 16.4. The fourth-order valence-electron chi connectivity index (χ4n) is 2.75. The predicted octanol–water partition coefficient (Wildman–Crippen LogP) is 2.57. The first-order valence-electron chi connectivity index (χ1n) is 9.42. The smallest absolute Gasteiger partial charge is 0.387 e. The van der Waals surface area contributed by atoms with Crippen LogP contribution in [0.1, 0.15) is 37.4 Å². The first-order chi connectivity index (χ1) is 13.9. The number of nitrogens with one attached hydrogen (secondary N) is 2. The average Bonchev–Trinajstić information content (AvgIpc) is 2.69. The van der Waals surface area contributed by atoms with Gasteiger partial charge in [0.25, 0.3) is 5.91 Å². The number of rotatable bonds is 9. The summed E-state index contributed by atoms with van der Waals surface area (Å²) in [6.45, 7) is 0.914. The topological polar surface area (TPSA) is 84.0 Å². The van der Waals surface area contributed by atoms with E-state index in [1.165, 1.54) is 12.1 Å². The van der Waals surface area contributed by atoms with E-state index >= 15 is 0 Å². The molecule has 2 rings (SSSR count). The Kier molecular flexibility index (Phi) is 8.54. The van der Waals surface area contributed by atoms with Gasteiger partial charge in [0.2, 0.25) is 0 Å². The third-order valence-electron chi connectivity index (χ3n) is 4.40. The molecule has 0 heterocycles. The molecule has 0 saturated heterocycles. The highest BCUT2D eigenvalue weighted by Gasteiger charge is 2.20. The van der Waals surface area contributed by atoms with Crippen molar-refractivity contribution in [3.63, 3.8) is 0 Å². The van der Waals surface area contributed by atoms with Crippen molar-refractivity contribution in [1.29, 1.82) is 0 Å². The molecular weight excluding hydrogens is 380 g/mol. The van der Waals surface area contributed by atoms with E-state index in [0.717, 1.165) is 17.5 Å². The molecule has 0 fully saturated rings. The molecule has 0 aliphatic carbocycles. The zero-order chi connectivity index (χ0) is 21.2. The number of ether oxygens (including phenoxy) is 1. The van der Waals surface area contributed by atoms with Gasteiger partial charge in [-0.05, 0) is 37.6 Å². The molecule has 0 bridgehead atoms. The maximum absolute atomic E-state index is 12.4. The van der Waals surface area contributed by atoms with E-state index in [-0.39, 0.29) is 24.4 Å². The van der Waals surface area contributed by atoms with Crippen LogP contribution in [0.4, 0.5) is 13.6 Å². The summed E-state index contributed by atoms with van der Waals surface area (Å²) in [6.07, 6.45) is 0.759. The first-order valence-corrected chi connectivity index (χ1v) is 9.42. The average molecular weight is 406 g/mol. The number of benzene rings is 2. The lowest BCUT2D eigenvalue weighted by Crippen LogP contribution is -2.88. The van der Waals surface area contributed by atoms with Gasteiger partial charge in [-0.3, -0.25) is 10.1 Å². The number of imide groups is 1. The molecule has 8 heteroatoms. The minimum absolute atomic E-state index is 0.0166. The number of hydrogen-bond donors (Lipinski definition) is 3. The number of amides is 3. The van der Waals surface area contributed by atoms with E-state index < -0.39 is 18.5 Å². The van der Waals surface area contributed by atoms with Crippen LogP contribution in [0.25, 0.3) is 0 Å². The molecule has 0 aliphatic heterocycles. The first kappa shape index (κ1) is 22.3. The molecule has 29 heavy (non-hydrogen) atoms. The largest absolute Gasteiger partial charge is 0.435 e. The summed E-state index contributed by atoms with van der Waals surface area (Å²) < 4.78 is 29.1. The van der Waals surface area contributed by atoms with Crippen molar-refractivity contribution in [2.45, 2.75) is 39.0 Å². The van der Waals surface area contributed by atoms with Gasteiger partial charge in [-0.1, -0.05) is 37.3 Å². The van der Waals surface area contributed by atoms with Crippen LogP contribution in [-0.4, -0.2) is 31.1 Å². The van der Waals surface area contributed by atoms with Crippen molar-refractivity contribution in [3.8, 4) is 5.75 Å². The Morgan fingerprint density at radius 1 is 1.03 bits per heavy atom. The maximum atomic E-state index is 12.4. The highest BCUT2D eigenvalue weighted by Crippen LogP contribution is 2.22. The molecule has 0 radical (unpaired) electrons. The van der Waals surface area contributed by atoms with Crippen LogP contribution < -0.4 is 20.7 Å². The van der Waals surface area contributed by atoms with Crippen LogP contribution in [0.2, 0.25) is 0 Å². The highest BCUT2D eigenvalue weighted by atomic mass is 19.3. The summed E-state index contributed by atoms with van der Waals surface area (Å²) in [6, 6.07) is 15.0. The van der Waals surface area contributed by atoms with Crippen LogP contribution in [0, 0.1) is 0 Å². The molecule has 4 N–H and O–H groups in total. The van der Waals surface area contributed by atoms with Crippen molar-refractivity contribution in [2.24, 2.45) is 0 Å². The predicted molar refractivity (Wildman–Crippen MR) is 105 cm³/mol. The van der Waals surface area contributed by atoms with E-state index in [1.807, 2.05) is 44.2 Å². The minimum Gasteiger partial charge on any atom is -0.435 e. The number of carbonyl (C=O) groups excluding carboxylic acids is 2. The second kappa shape index (κ2) is 11.1. The summed E-state index contributed by atoms with van der Waals surface area (Å²) >= 11 is 0. The molecule has 0 aromatic heterocycles. The highest BCUT2D eigenvalue weighted by molar-refractivity contribution is 5.94. The van der Waals surface area contributed by atoms with E-state index in [2.05, 4.69) is 15.4 Å². The zero-order valence-corrected chi connectivity index (χ0v) is 16.4. The van der Waals surface area contributed by atoms with E-state index in [0.29, 0.717) is 0 Å². The Bertz CT molecular complexity index is 786. The Hall–Kier alpha value is -3.00. The number of quaternary nitrogens is 1. The Morgan fingerprint density at radius 3 is 2.24 bits per heavy atom. The van der Waals surface area contributed by atoms with Gasteiger partial charge in [0.15, 0.2) is 6.54 Å². The number of hydrogen-bond acceptors (Lipinski definition) is 3. The summed E-state index contributed by atoms with van der Waals surface area (Å²) in [5.74, 6) is -0.362. The molecule has 0 spiro atoms. The fourth-order valence-corrected chi connectivity index (χ4v) is 2.75. The molecular formula is C21H26F2N3O3+. The lowest BCUT2D eigenvalue weighted by Gasteiger charge is -2.17. The van der Waals surface area contributed by atoms with Gasteiger partial charge in [-0.15, -0.1) is 0 Å². The second-order valence-electron chi connectivity index (χ2n) is 6.61. The van der Waals surface area contributed by atoms with Gasteiger partial charge < -0.3 is 15.4 Å². The van der Waals surface area contributed by atoms with Crippen molar-refractivity contribution < 1.29 is 28.4 Å². The molecule has 0 saturated carbocycles. The van der Waals surface area contributed by atoms with Crippen LogP contribution >= 0.6 is 0 Å². The number of halogens is 2. The molecule has 6 nitrogen and oxygen atoms in total. The van der Waals surface area contributed by atoms with Crippen molar-refractivity contribution in [2.75, 3.05) is 6.54 Å². The standard InChI is InChI=1S/C21H25F2N3O3/c1-3-14(2)25-21(28)26-18(27)13-24-19(15-7-5-4-6-8-15)16-9-11-17(12-10-16)29-20(22)23/h4-12,14,19-20,24H,3,13H2,1-2H3,(H2,25,26,27,28)/p+1/t14-,19-/m0/s1. The van der Waals surface area contributed by atoms with Crippen molar-refractivity contribution in [3.05, 3.63) is 65.7 Å². The van der Waals surface area contributed by atoms with Gasteiger partial charge in [0.05, 0.1) is 0 Å². The minimum atomic E-state index is -2.89. The lowest BCUT2D eigenvalue weighted by molar-refractivity contribution is -0.676. The van der Waals surface area contributed by atoms with Gasteiger partial charge in [0, 0.05) is 17.2 Å². The monoisotopic (exact) mass is 406 g/mol. The third-order valence-corrected chi connectivity index (χ3v) is 4.40. The number of nitrogens with two attached hydrogens (primary N) is 1. The Morgan fingerprint density at radius 2 is 1.66 bits per heavy atom. The van der Waals surface area contributed by atoms with E-state index in [4.69, 9.17) is 0 Å². The SMILES string of the molecule is CC[C@H](C)NC(=O)NC(=O)C[NH2+][C@@H](c1ccccc1)c1ccc(OC(F)F)cc1.